The van der Waals surface area contributed by atoms with E-state index in [1.807, 2.05) is 0 Å². The SMILES string of the molecule is COC(=O)c1ccn2nc(NC(=O)C3CC3)nc2c1. The first-order chi connectivity index (χ1) is 9.17. The van der Waals surface area contributed by atoms with Crippen LogP contribution in [0.3, 0.4) is 0 Å². The van der Waals surface area contributed by atoms with Crippen LogP contribution in [0.2, 0.25) is 0 Å². The van der Waals surface area contributed by atoms with Crippen molar-refractivity contribution in [2.75, 3.05) is 12.4 Å². The van der Waals surface area contributed by atoms with Crippen LogP contribution in [0.15, 0.2) is 18.3 Å². The van der Waals surface area contributed by atoms with Gasteiger partial charge in [-0.2, -0.15) is 4.98 Å². The second-order valence-electron chi connectivity index (χ2n) is 4.41. The Kier molecular flexibility index (Phi) is 2.66. The van der Waals surface area contributed by atoms with Gasteiger partial charge in [0, 0.05) is 12.1 Å². The molecule has 1 amide bonds. The number of carbonyl (C=O) groups excluding carboxylic acids is 2. The van der Waals surface area contributed by atoms with Crippen LogP contribution in [-0.4, -0.2) is 33.6 Å². The predicted octanol–water partition coefficient (Wildman–Crippen LogP) is 0.864. The van der Waals surface area contributed by atoms with Gasteiger partial charge in [-0.05, 0) is 25.0 Å². The smallest absolute Gasteiger partial charge is 0.338 e. The first-order valence-electron chi connectivity index (χ1n) is 5.93. The van der Waals surface area contributed by atoms with E-state index in [-0.39, 0.29) is 17.8 Å². The highest BCUT2D eigenvalue weighted by molar-refractivity contribution is 5.93. The van der Waals surface area contributed by atoms with Crippen molar-refractivity contribution >= 4 is 23.5 Å². The molecular formula is C12H12N4O3. The van der Waals surface area contributed by atoms with Crippen molar-refractivity contribution < 1.29 is 14.3 Å². The number of esters is 1. The molecule has 1 saturated carbocycles. The van der Waals surface area contributed by atoms with Crippen molar-refractivity contribution in [3.63, 3.8) is 0 Å². The van der Waals surface area contributed by atoms with Crippen LogP contribution in [0.5, 0.6) is 0 Å². The van der Waals surface area contributed by atoms with Gasteiger partial charge >= 0.3 is 5.97 Å². The minimum absolute atomic E-state index is 0.0518. The summed E-state index contributed by atoms with van der Waals surface area (Å²) in [5.74, 6) is -0.144. The van der Waals surface area contributed by atoms with Crippen LogP contribution in [0.1, 0.15) is 23.2 Å². The maximum absolute atomic E-state index is 11.6. The highest BCUT2D eigenvalue weighted by Gasteiger charge is 2.30. The minimum Gasteiger partial charge on any atom is -0.465 e. The number of hydrogen-bond acceptors (Lipinski definition) is 5. The van der Waals surface area contributed by atoms with E-state index in [0.717, 1.165) is 12.8 Å². The lowest BCUT2D eigenvalue weighted by atomic mass is 10.3. The third kappa shape index (κ3) is 2.26. The van der Waals surface area contributed by atoms with Gasteiger partial charge in [-0.15, -0.1) is 5.10 Å². The number of anilines is 1. The van der Waals surface area contributed by atoms with E-state index < -0.39 is 5.97 Å². The van der Waals surface area contributed by atoms with Gasteiger partial charge < -0.3 is 4.74 Å². The summed E-state index contributed by atoms with van der Waals surface area (Å²) in [4.78, 5) is 27.1. The molecule has 0 radical (unpaired) electrons. The van der Waals surface area contributed by atoms with Crippen LogP contribution < -0.4 is 5.32 Å². The van der Waals surface area contributed by atoms with Gasteiger partial charge in [0.2, 0.25) is 11.9 Å². The highest BCUT2D eigenvalue weighted by atomic mass is 16.5. The van der Waals surface area contributed by atoms with Crippen molar-refractivity contribution in [3.8, 4) is 0 Å². The monoisotopic (exact) mass is 260 g/mol. The molecular weight excluding hydrogens is 248 g/mol. The van der Waals surface area contributed by atoms with E-state index in [1.165, 1.54) is 11.6 Å². The second kappa shape index (κ2) is 4.34. The first kappa shape index (κ1) is 11.6. The first-order valence-corrected chi connectivity index (χ1v) is 5.93. The second-order valence-corrected chi connectivity index (χ2v) is 4.41. The van der Waals surface area contributed by atoms with E-state index in [1.54, 1.807) is 18.3 Å². The van der Waals surface area contributed by atoms with E-state index in [9.17, 15) is 9.59 Å². The number of nitrogens with one attached hydrogen (secondary N) is 1. The molecule has 7 nitrogen and oxygen atoms in total. The molecule has 0 aromatic carbocycles. The number of aromatic nitrogens is 3. The van der Waals surface area contributed by atoms with E-state index in [0.29, 0.717) is 11.2 Å². The highest BCUT2D eigenvalue weighted by Crippen LogP contribution is 2.29. The Morgan fingerprint density at radius 3 is 2.95 bits per heavy atom. The van der Waals surface area contributed by atoms with Crippen LogP contribution in [0.4, 0.5) is 5.95 Å². The Hall–Kier alpha value is -2.44. The Bertz CT molecular complexity index is 660. The number of rotatable bonds is 3. The molecule has 2 heterocycles. The lowest BCUT2D eigenvalue weighted by molar-refractivity contribution is -0.117. The quantitative estimate of drug-likeness (QED) is 0.827. The summed E-state index contributed by atoms with van der Waals surface area (Å²) in [6, 6.07) is 3.14. The fourth-order valence-electron chi connectivity index (χ4n) is 1.74. The van der Waals surface area contributed by atoms with Crippen molar-refractivity contribution in [1.82, 2.24) is 14.6 Å². The number of fused-ring (bicyclic) bond motifs is 1. The zero-order valence-corrected chi connectivity index (χ0v) is 10.3. The lowest BCUT2D eigenvalue weighted by Crippen LogP contribution is -2.14. The average molecular weight is 260 g/mol. The Balaban J connectivity index is 1.87. The molecule has 0 spiro atoms. The summed E-state index contributed by atoms with van der Waals surface area (Å²) in [5, 5.41) is 6.77. The standard InChI is InChI=1S/C12H12N4O3/c1-19-11(18)8-4-5-16-9(6-8)13-12(15-16)14-10(17)7-2-3-7/h4-7H,2-3H2,1H3,(H,14,15,17). The number of carbonyl (C=O) groups is 2. The van der Waals surface area contributed by atoms with Crippen molar-refractivity contribution in [2.24, 2.45) is 5.92 Å². The van der Waals surface area contributed by atoms with Crippen LogP contribution in [-0.2, 0) is 9.53 Å². The Morgan fingerprint density at radius 1 is 1.47 bits per heavy atom. The van der Waals surface area contributed by atoms with Gasteiger partial charge in [0.15, 0.2) is 5.65 Å². The topological polar surface area (TPSA) is 85.6 Å². The molecule has 98 valence electrons. The normalized spacial score (nSPS) is 14.4. The third-order valence-corrected chi connectivity index (χ3v) is 2.94. The summed E-state index contributed by atoms with van der Waals surface area (Å²) >= 11 is 0. The number of hydrogen-bond donors (Lipinski definition) is 1. The fraction of sp³-hybridized carbons (Fsp3) is 0.333. The average Bonchev–Trinajstić information content (AvgIpc) is 3.18. The summed E-state index contributed by atoms with van der Waals surface area (Å²) in [7, 11) is 1.32. The molecule has 0 saturated heterocycles. The van der Waals surface area contributed by atoms with Crippen LogP contribution >= 0.6 is 0 Å². The van der Waals surface area contributed by atoms with Crippen molar-refractivity contribution in [1.29, 1.82) is 0 Å². The molecule has 1 N–H and O–H groups in total. The molecule has 0 atom stereocenters. The van der Waals surface area contributed by atoms with E-state index >= 15 is 0 Å². The van der Waals surface area contributed by atoms with Crippen LogP contribution in [0.25, 0.3) is 5.65 Å². The summed E-state index contributed by atoms with van der Waals surface area (Å²) in [6.45, 7) is 0. The molecule has 3 rings (SSSR count). The van der Waals surface area contributed by atoms with Gasteiger partial charge in [-0.25, -0.2) is 9.31 Å². The molecule has 7 heteroatoms. The largest absolute Gasteiger partial charge is 0.465 e. The third-order valence-electron chi connectivity index (χ3n) is 2.94. The van der Waals surface area contributed by atoms with Gasteiger partial charge in [-0.3, -0.25) is 10.1 Å². The van der Waals surface area contributed by atoms with Gasteiger partial charge in [0.1, 0.15) is 0 Å². The molecule has 2 aromatic rings. The fourth-order valence-corrected chi connectivity index (χ4v) is 1.74. The molecule has 1 aliphatic rings. The van der Waals surface area contributed by atoms with E-state index in [4.69, 9.17) is 0 Å². The molecule has 0 unspecified atom stereocenters. The number of ether oxygens (including phenoxy) is 1. The van der Waals surface area contributed by atoms with Gasteiger partial charge in [0.25, 0.3) is 0 Å². The van der Waals surface area contributed by atoms with Crippen LogP contribution in [0, 0.1) is 5.92 Å². The number of amides is 1. The van der Waals surface area contributed by atoms with Crippen molar-refractivity contribution in [3.05, 3.63) is 23.9 Å². The Morgan fingerprint density at radius 2 is 2.26 bits per heavy atom. The number of pyridine rings is 1. The number of methoxy groups -OCH3 is 1. The summed E-state index contributed by atoms with van der Waals surface area (Å²) in [5.41, 5.74) is 0.872. The van der Waals surface area contributed by atoms with Gasteiger partial charge in [-0.1, -0.05) is 0 Å². The molecule has 19 heavy (non-hydrogen) atoms. The maximum Gasteiger partial charge on any atom is 0.338 e. The predicted molar refractivity (Wildman–Crippen MR) is 65.7 cm³/mol. The zero-order chi connectivity index (χ0) is 13.4. The van der Waals surface area contributed by atoms with Gasteiger partial charge in [0.05, 0.1) is 12.7 Å². The minimum atomic E-state index is -0.436. The molecule has 1 aliphatic carbocycles. The molecule has 2 aromatic heterocycles. The Labute approximate surface area is 108 Å². The van der Waals surface area contributed by atoms with E-state index in [2.05, 4.69) is 20.1 Å². The van der Waals surface area contributed by atoms with Crippen molar-refractivity contribution in [2.45, 2.75) is 12.8 Å². The maximum atomic E-state index is 11.6. The molecule has 0 bridgehead atoms. The summed E-state index contributed by atoms with van der Waals surface area (Å²) in [6.07, 6.45) is 3.44. The molecule has 1 fully saturated rings. The molecule has 0 aliphatic heterocycles. The number of nitrogens with zero attached hydrogens (tertiary/aromatic N) is 3. The summed E-state index contributed by atoms with van der Waals surface area (Å²) < 4.78 is 6.13. The lowest BCUT2D eigenvalue weighted by Gasteiger charge is -1.97. The zero-order valence-electron chi connectivity index (χ0n) is 10.3.